The average molecular weight is 307 g/mol. The summed E-state index contributed by atoms with van der Waals surface area (Å²) in [5, 5.41) is 2.73. The minimum atomic E-state index is -0.338. The first-order valence-corrected chi connectivity index (χ1v) is 6.64. The van der Waals surface area contributed by atoms with Gasteiger partial charge in [0.15, 0.2) is 0 Å². The maximum Gasteiger partial charge on any atom is 0.264 e. The van der Waals surface area contributed by atoms with Crippen molar-refractivity contribution in [3.8, 4) is 5.75 Å². The summed E-state index contributed by atoms with van der Waals surface area (Å²) < 4.78 is 9.86. The van der Waals surface area contributed by atoms with Gasteiger partial charge in [-0.1, -0.05) is 6.07 Å². The zero-order valence-corrected chi connectivity index (χ0v) is 13.1. The lowest BCUT2D eigenvalue weighted by molar-refractivity contribution is -0.125. The van der Waals surface area contributed by atoms with E-state index in [0.29, 0.717) is 17.1 Å². The van der Waals surface area contributed by atoms with Gasteiger partial charge in [0.2, 0.25) is 5.91 Å². The molecule has 0 fully saturated rings. The molecule has 22 heavy (non-hydrogen) atoms. The summed E-state index contributed by atoms with van der Waals surface area (Å²) in [4.78, 5) is 23.2. The molecule has 3 N–H and O–H groups in total. The second kappa shape index (κ2) is 8.68. The minimum Gasteiger partial charge on any atom is -0.495 e. The molecule has 1 aromatic rings. The normalized spacial score (nSPS) is 10.8. The third kappa shape index (κ3) is 5.84. The molecule has 0 aliphatic heterocycles. The Kier molecular flexibility index (Phi) is 6.91. The molecule has 2 amide bonds. The number of ether oxygens (including phenoxy) is 2. The molecule has 0 aliphatic carbocycles. The highest BCUT2D eigenvalue weighted by atomic mass is 16.5. The second-order valence-electron chi connectivity index (χ2n) is 4.63. The van der Waals surface area contributed by atoms with E-state index < -0.39 is 0 Å². The summed E-state index contributed by atoms with van der Waals surface area (Å²) in [5.74, 6) is -0.0998. The van der Waals surface area contributed by atoms with Crippen molar-refractivity contribution >= 4 is 17.5 Å². The number of rotatable bonds is 7. The van der Waals surface area contributed by atoms with E-state index in [2.05, 4.69) is 20.9 Å². The Labute approximate surface area is 129 Å². The summed E-state index contributed by atoms with van der Waals surface area (Å²) in [6.07, 6.45) is 1.33. The van der Waals surface area contributed by atoms with E-state index in [1.54, 1.807) is 13.0 Å². The zero-order chi connectivity index (χ0) is 16.5. The largest absolute Gasteiger partial charge is 0.495 e. The Morgan fingerprint density at radius 3 is 2.59 bits per heavy atom. The molecule has 0 aliphatic rings. The third-order valence-corrected chi connectivity index (χ3v) is 2.63. The van der Waals surface area contributed by atoms with Gasteiger partial charge in [0.05, 0.1) is 12.8 Å². The monoisotopic (exact) mass is 307 g/mol. The van der Waals surface area contributed by atoms with Crippen molar-refractivity contribution in [3.05, 3.63) is 35.5 Å². The fraction of sp³-hybridized carbons (Fsp3) is 0.333. The number of benzene rings is 1. The van der Waals surface area contributed by atoms with Crippen LogP contribution in [0.5, 0.6) is 5.75 Å². The number of amides is 2. The lowest BCUT2D eigenvalue weighted by Gasteiger charge is -2.11. The molecule has 7 heteroatoms. The maximum atomic E-state index is 12.0. The summed E-state index contributed by atoms with van der Waals surface area (Å²) in [6, 6.07) is 5.49. The van der Waals surface area contributed by atoms with Gasteiger partial charge in [-0.25, -0.2) is 0 Å². The van der Waals surface area contributed by atoms with E-state index in [-0.39, 0.29) is 18.4 Å². The highest BCUT2D eigenvalue weighted by Crippen LogP contribution is 2.25. The molecule has 0 atom stereocenters. The van der Waals surface area contributed by atoms with Crippen LogP contribution in [0.2, 0.25) is 0 Å². The van der Waals surface area contributed by atoms with Crippen molar-refractivity contribution in [1.29, 1.82) is 0 Å². The standard InChI is InChI=1S/C15H21N3O4/c1-10-5-6-13(22-4)12(7-10)16-14(19)8-11(2)17-18-15(20)9-21-3/h5-8,17H,9H2,1-4H3,(H,16,19)(H,18,20). The van der Waals surface area contributed by atoms with Gasteiger partial charge in [0, 0.05) is 18.9 Å². The molecule has 0 aromatic heterocycles. The molecule has 0 unspecified atom stereocenters. The smallest absolute Gasteiger partial charge is 0.264 e. The van der Waals surface area contributed by atoms with Crippen LogP contribution in [0.4, 0.5) is 5.69 Å². The number of aryl methyl sites for hydroxylation is 1. The Balaban J connectivity index is 2.63. The minimum absolute atomic E-state index is 0.0625. The quantitative estimate of drug-likeness (QED) is 0.519. The zero-order valence-electron chi connectivity index (χ0n) is 13.1. The lowest BCUT2D eigenvalue weighted by Crippen LogP contribution is -2.38. The first-order chi connectivity index (χ1) is 10.5. The number of methoxy groups -OCH3 is 2. The van der Waals surface area contributed by atoms with E-state index in [4.69, 9.17) is 4.74 Å². The van der Waals surface area contributed by atoms with Crippen molar-refractivity contribution in [2.24, 2.45) is 0 Å². The van der Waals surface area contributed by atoms with Gasteiger partial charge in [-0.2, -0.15) is 0 Å². The first kappa shape index (κ1) is 17.5. The third-order valence-electron chi connectivity index (χ3n) is 2.63. The van der Waals surface area contributed by atoms with Gasteiger partial charge in [-0.15, -0.1) is 0 Å². The number of anilines is 1. The molecule has 120 valence electrons. The number of hydrogen-bond donors (Lipinski definition) is 3. The van der Waals surface area contributed by atoms with Crippen LogP contribution in [0.25, 0.3) is 0 Å². The summed E-state index contributed by atoms with van der Waals surface area (Å²) in [5.41, 5.74) is 7.08. The molecule has 0 saturated carbocycles. The fourth-order valence-corrected chi connectivity index (χ4v) is 1.66. The number of allylic oxidation sites excluding steroid dienone is 1. The molecule has 0 bridgehead atoms. The van der Waals surface area contributed by atoms with Gasteiger partial charge >= 0.3 is 0 Å². The maximum absolute atomic E-state index is 12.0. The number of nitrogens with one attached hydrogen (secondary N) is 3. The van der Waals surface area contributed by atoms with Gasteiger partial charge in [0.25, 0.3) is 5.91 Å². The van der Waals surface area contributed by atoms with Crippen molar-refractivity contribution < 1.29 is 19.1 Å². The number of carbonyl (C=O) groups excluding carboxylic acids is 2. The molecule has 0 saturated heterocycles. The molecule has 0 spiro atoms. The molecule has 0 radical (unpaired) electrons. The van der Waals surface area contributed by atoms with Crippen molar-refractivity contribution in [2.75, 3.05) is 26.1 Å². The van der Waals surface area contributed by atoms with Crippen molar-refractivity contribution in [1.82, 2.24) is 10.9 Å². The van der Waals surface area contributed by atoms with E-state index in [9.17, 15) is 9.59 Å². The van der Waals surface area contributed by atoms with Crippen LogP contribution < -0.4 is 20.9 Å². The highest BCUT2D eigenvalue weighted by molar-refractivity contribution is 6.00. The average Bonchev–Trinajstić information content (AvgIpc) is 2.45. The predicted molar refractivity (Wildman–Crippen MR) is 83.3 cm³/mol. The van der Waals surface area contributed by atoms with Gasteiger partial charge < -0.3 is 20.2 Å². The number of carbonyl (C=O) groups is 2. The van der Waals surface area contributed by atoms with Crippen LogP contribution in [0, 0.1) is 6.92 Å². The molecule has 1 rings (SSSR count). The Morgan fingerprint density at radius 2 is 1.95 bits per heavy atom. The Morgan fingerprint density at radius 1 is 1.23 bits per heavy atom. The van der Waals surface area contributed by atoms with Gasteiger partial charge in [-0.3, -0.25) is 15.0 Å². The van der Waals surface area contributed by atoms with Crippen LogP contribution in [0.1, 0.15) is 12.5 Å². The second-order valence-corrected chi connectivity index (χ2v) is 4.63. The predicted octanol–water partition coefficient (Wildman–Crippen LogP) is 1.11. The summed E-state index contributed by atoms with van der Waals surface area (Å²) in [7, 11) is 2.96. The van der Waals surface area contributed by atoms with Crippen LogP contribution in [0.3, 0.4) is 0 Å². The van der Waals surface area contributed by atoms with Gasteiger partial charge in [0.1, 0.15) is 12.4 Å². The van der Waals surface area contributed by atoms with Crippen LogP contribution in [-0.2, 0) is 14.3 Å². The summed E-state index contributed by atoms with van der Waals surface area (Å²) in [6.45, 7) is 3.51. The van der Waals surface area contributed by atoms with Crippen molar-refractivity contribution in [2.45, 2.75) is 13.8 Å². The fourth-order valence-electron chi connectivity index (χ4n) is 1.66. The Bertz CT molecular complexity index is 570. The molecular weight excluding hydrogens is 286 g/mol. The van der Waals surface area contributed by atoms with Gasteiger partial charge in [-0.05, 0) is 31.5 Å². The van der Waals surface area contributed by atoms with Crippen LogP contribution >= 0.6 is 0 Å². The molecule has 0 heterocycles. The first-order valence-electron chi connectivity index (χ1n) is 6.64. The number of hydrogen-bond acceptors (Lipinski definition) is 5. The number of hydrazine groups is 1. The van der Waals surface area contributed by atoms with E-state index in [0.717, 1.165) is 5.56 Å². The van der Waals surface area contributed by atoms with Crippen molar-refractivity contribution in [3.63, 3.8) is 0 Å². The summed E-state index contributed by atoms with van der Waals surface area (Å²) >= 11 is 0. The van der Waals surface area contributed by atoms with Crippen LogP contribution in [0.15, 0.2) is 30.0 Å². The topological polar surface area (TPSA) is 88.7 Å². The van der Waals surface area contributed by atoms with Crippen LogP contribution in [-0.4, -0.2) is 32.6 Å². The van der Waals surface area contributed by atoms with E-state index >= 15 is 0 Å². The molecule has 1 aromatic carbocycles. The lowest BCUT2D eigenvalue weighted by atomic mass is 10.2. The van der Waals surface area contributed by atoms with E-state index in [1.807, 2.05) is 19.1 Å². The Hall–Kier alpha value is -2.54. The molecule has 7 nitrogen and oxygen atoms in total. The molecular formula is C15H21N3O4. The van der Waals surface area contributed by atoms with E-state index in [1.165, 1.54) is 20.3 Å². The highest BCUT2D eigenvalue weighted by Gasteiger charge is 2.06. The SMILES string of the molecule is COCC(=O)NNC(C)=CC(=O)Nc1cc(C)ccc1OC.